The predicted molar refractivity (Wildman–Crippen MR) is 120 cm³/mol. The summed E-state index contributed by atoms with van der Waals surface area (Å²) in [5.41, 5.74) is 0. The minimum absolute atomic E-state index is 0.0667. The van der Waals surface area contributed by atoms with E-state index in [-0.39, 0.29) is 11.8 Å². The molecule has 3 aromatic rings. The van der Waals surface area contributed by atoms with Crippen LogP contribution in [0.15, 0.2) is 63.8 Å². The number of aromatic nitrogens is 2. The summed E-state index contributed by atoms with van der Waals surface area (Å²) in [5, 5.41) is 14.7. The van der Waals surface area contributed by atoms with Gasteiger partial charge in [0.25, 0.3) is 0 Å². The molecule has 0 aliphatic carbocycles. The Hall–Kier alpha value is -2.58. The molecule has 30 heavy (non-hydrogen) atoms. The second kappa shape index (κ2) is 9.95. The molecule has 2 aromatic heterocycles. The Balaban J connectivity index is 1.27. The van der Waals surface area contributed by atoms with Crippen molar-refractivity contribution in [2.75, 3.05) is 25.1 Å². The molecule has 4 rings (SSSR count). The van der Waals surface area contributed by atoms with E-state index >= 15 is 0 Å². The van der Waals surface area contributed by atoms with Gasteiger partial charge in [-0.1, -0.05) is 23.9 Å². The van der Waals surface area contributed by atoms with Crippen LogP contribution in [0.1, 0.15) is 17.7 Å². The second-order valence-electron chi connectivity index (χ2n) is 7.07. The monoisotopic (exact) mass is 440 g/mol. The lowest BCUT2D eigenvalue weighted by molar-refractivity contribution is -0.125. The number of anilines is 1. The zero-order valence-corrected chi connectivity index (χ0v) is 18.4. The smallest absolute Gasteiger partial charge is 0.223 e. The van der Waals surface area contributed by atoms with Crippen molar-refractivity contribution in [3.8, 4) is 5.75 Å². The molecule has 1 aliphatic rings. The van der Waals surface area contributed by atoms with Gasteiger partial charge in [-0.25, -0.2) is 0 Å². The van der Waals surface area contributed by atoms with Crippen LogP contribution < -0.4 is 15.0 Å². The van der Waals surface area contributed by atoms with Gasteiger partial charge < -0.3 is 15.0 Å². The van der Waals surface area contributed by atoms with Crippen molar-refractivity contribution in [2.24, 2.45) is 5.92 Å². The zero-order valence-electron chi connectivity index (χ0n) is 16.8. The number of piperidine rings is 1. The topological polar surface area (TPSA) is 67.3 Å². The number of hydrogen-bond acceptors (Lipinski definition) is 7. The van der Waals surface area contributed by atoms with Gasteiger partial charge in [-0.15, -0.1) is 21.5 Å². The number of thiophene rings is 1. The number of benzene rings is 1. The summed E-state index contributed by atoms with van der Waals surface area (Å²) in [6, 6.07) is 15.9. The fourth-order valence-corrected chi connectivity index (χ4v) is 4.85. The molecule has 0 radical (unpaired) electrons. The molecule has 1 N–H and O–H groups in total. The van der Waals surface area contributed by atoms with Crippen LogP contribution in [-0.2, 0) is 11.3 Å². The maximum absolute atomic E-state index is 12.4. The van der Waals surface area contributed by atoms with Gasteiger partial charge in [-0.2, -0.15) is 0 Å². The number of carbonyl (C=O) groups is 1. The molecule has 1 saturated heterocycles. The van der Waals surface area contributed by atoms with Crippen molar-refractivity contribution in [1.82, 2.24) is 15.5 Å². The Morgan fingerprint density at radius 3 is 2.77 bits per heavy atom. The Morgan fingerprint density at radius 1 is 1.20 bits per heavy atom. The lowest BCUT2D eigenvalue weighted by Gasteiger charge is -2.31. The number of ether oxygens (including phenoxy) is 1. The number of hydrogen-bond donors (Lipinski definition) is 1. The van der Waals surface area contributed by atoms with E-state index in [0.717, 1.165) is 47.4 Å². The summed E-state index contributed by atoms with van der Waals surface area (Å²) in [6.07, 6.45) is 1.66. The quantitative estimate of drug-likeness (QED) is 0.593. The highest BCUT2D eigenvalue weighted by molar-refractivity contribution is 7.99. The summed E-state index contributed by atoms with van der Waals surface area (Å²) in [6.45, 7) is 2.25. The van der Waals surface area contributed by atoms with Crippen molar-refractivity contribution in [3.63, 3.8) is 0 Å². The highest BCUT2D eigenvalue weighted by Gasteiger charge is 2.25. The number of methoxy groups -OCH3 is 1. The largest absolute Gasteiger partial charge is 0.497 e. The van der Waals surface area contributed by atoms with Gasteiger partial charge in [0, 0.05) is 28.8 Å². The maximum Gasteiger partial charge on any atom is 0.223 e. The first-order chi connectivity index (χ1) is 14.7. The van der Waals surface area contributed by atoms with Crippen molar-refractivity contribution in [3.05, 3.63) is 58.8 Å². The average molecular weight is 441 g/mol. The Morgan fingerprint density at radius 2 is 2.07 bits per heavy atom. The molecule has 0 spiro atoms. The van der Waals surface area contributed by atoms with E-state index in [4.69, 9.17) is 4.74 Å². The minimum atomic E-state index is 0.0667. The van der Waals surface area contributed by atoms with E-state index in [0.29, 0.717) is 6.54 Å². The van der Waals surface area contributed by atoms with Crippen molar-refractivity contribution < 1.29 is 9.53 Å². The fourth-order valence-electron chi connectivity index (χ4n) is 3.42. The Bertz CT molecular complexity index is 956. The number of nitrogens with one attached hydrogen (secondary N) is 1. The molecule has 0 bridgehead atoms. The molecule has 6 nitrogen and oxygen atoms in total. The highest BCUT2D eigenvalue weighted by Crippen LogP contribution is 2.29. The van der Waals surface area contributed by atoms with Crippen LogP contribution in [0.4, 0.5) is 5.82 Å². The number of amides is 1. The summed E-state index contributed by atoms with van der Waals surface area (Å²) in [7, 11) is 1.66. The van der Waals surface area contributed by atoms with E-state index in [1.165, 1.54) is 4.88 Å². The molecular weight excluding hydrogens is 416 g/mol. The third kappa shape index (κ3) is 5.31. The van der Waals surface area contributed by atoms with Crippen LogP contribution in [0.3, 0.4) is 0 Å². The standard InChI is InChI=1S/C22H24N4O2S2/c1-28-17-4-2-5-18(14-17)30-21-8-7-20(24-25-21)26-11-9-16(10-12-26)22(27)23-15-19-6-3-13-29-19/h2-8,13-14,16H,9-12,15H2,1H3,(H,23,27). The molecule has 0 unspecified atom stereocenters. The van der Waals surface area contributed by atoms with E-state index in [2.05, 4.69) is 20.4 Å². The minimum Gasteiger partial charge on any atom is -0.497 e. The number of nitrogens with zero attached hydrogens (tertiary/aromatic N) is 3. The third-order valence-corrected chi connectivity index (χ3v) is 6.89. The maximum atomic E-state index is 12.4. The molecule has 1 amide bonds. The molecular formula is C22H24N4O2S2. The van der Waals surface area contributed by atoms with Crippen molar-refractivity contribution in [1.29, 1.82) is 0 Å². The van der Waals surface area contributed by atoms with Crippen molar-refractivity contribution >= 4 is 34.8 Å². The van der Waals surface area contributed by atoms with Gasteiger partial charge in [0.05, 0.1) is 13.7 Å². The second-order valence-corrected chi connectivity index (χ2v) is 9.20. The molecule has 0 saturated carbocycles. The molecule has 1 aromatic carbocycles. The Labute approximate surface area is 184 Å². The van der Waals surface area contributed by atoms with E-state index < -0.39 is 0 Å². The van der Waals surface area contributed by atoms with E-state index in [1.54, 1.807) is 30.2 Å². The molecule has 156 valence electrons. The van der Waals surface area contributed by atoms with E-state index in [1.807, 2.05) is 53.9 Å². The molecule has 0 atom stereocenters. The normalized spacial score (nSPS) is 14.5. The molecule has 1 fully saturated rings. The lowest BCUT2D eigenvalue weighted by atomic mass is 9.96. The fraction of sp³-hybridized carbons (Fsp3) is 0.318. The molecule has 8 heteroatoms. The summed E-state index contributed by atoms with van der Waals surface area (Å²) >= 11 is 3.22. The van der Waals surface area contributed by atoms with Gasteiger partial charge in [-0.05, 0) is 54.6 Å². The predicted octanol–water partition coefficient (Wildman–Crippen LogP) is 4.23. The average Bonchev–Trinajstić information content (AvgIpc) is 3.32. The van der Waals surface area contributed by atoms with Crippen LogP contribution in [0.5, 0.6) is 5.75 Å². The zero-order chi connectivity index (χ0) is 20.8. The highest BCUT2D eigenvalue weighted by atomic mass is 32.2. The van der Waals surface area contributed by atoms with Crippen LogP contribution in [0.2, 0.25) is 0 Å². The lowest BCUT2D eigenvalue weighted by Crippen LogP contribution is -2.40. The first-order valence-corrected chi connectivity index (χ1v) is 11.6. The summed E-state index contributed by atoms with van der Waals surface area (Å²) in [4.78, 5) is 16.9. The van der Waals surface area contributed by atoms with Crippen LogP contribution in [0, 0.1) is 5.92 Å². The molecule has 3 heterocycles. The van der Waals surface area contributed by atoms with Gasteiger partial charge in [0.1, 0.15) is 10.8 Å². The van der Waals surface area contributed by atoms with Crippen LogP contribution in [0.25, 0.3) is 0 Å². The van der Waals surface area contributed by atoms with E-state index in [9.17, 15) is 4.79 Å². The number of carbonyl (C=O) groups excluding carboxylic acids is 1. The third-order valence-electron chi connectivity index (χ3n) is 5.10. The van der Waals surface area contributed by atoms with Crippen LogP contribution >= 0.6 is 23.1 Å². The first kappa shape index (κ1) is 20.7. The van der Waals surface area contributed by atoms with Crippen molar-refractivity contribution in [2.45, 2.75) is 29.3 Å². The first-order valence-electron chi connectivity index (χ1n) is 9.92. The van der Waals surface area contributed by atoms with Gasteiger partial charge in [-0.3, -0.25) is 4.79 Å². The van der Waals surface area contributed by atoms with Gasteiger partial charge in [0.2, 0.25) is 5.91 Å². The van der Waals surface area contributed by atoms with Crippen LogP contribution in [-0.4, -0.2) is 36.3 Å². The van der Waals surface area contributed by atoms with Gasteiger partial charge in [0.15, 0.2) is 5.82 Å². The Kier molecular flexibility index (Phi) is 6.86. The number of rotatable bonds is 7. The summed E-state index contributed by atoms with van der Waals surface area (Å²) < 4.78 is 5.27. The molecule has 1 aliphatic heterocycles. The SMILES string of the molecule is COc1cccc(Sc2ccc(N3CCC(C(=O)NCc4cccs4)CC3)nn2)c1. The van der Waals surface area contributed by atoms with Gasteiger partial charge >= 0.3 is 0 Å². The summed E-state index contributed by atoms with van der Waals surface area (Å²) in [5.74, 6) is 1.91.